The number of carbonyl (C=O) groups excluding carboxylic acids is 2. The Labute approximate surface area is 189 Å². The van der Waals surface area contributed by atoms with Crippen LogP contribution in [0.4, 0.5) is 0 Å². The molecule has 0 radical (unpaired) electrons. The first-order valence-corrected chi connectivity index (χ1v) is 11.0. The predicted molar refractivity (Wildman–Crippen MR) is 121 cm³/mol. The van der Waals surface area contributed by atoms with Crippen molar-refractivity contribution in [1.82, 2.24) is 9.13 Å². The van der Waals surface area contributed by atoms with Crippen molar-refractivity contribution in [3.63, 3.8) is 0 Å². The molecule has 0 spiro atoms. The van der Waals surface area contributed by atoms with Crippen LogP contribution >= 0.6 is 0 Å². The Kier molecular flexibility index (Phi) is 8.04. The number of hydrogen-bond donors (Lipinski definition) is 2. The van der Waals surface area contributed by atoms with Gasteiger partial charge in [-0.15, -0.1) is 0 Å². The summed E-state index contributed by atoms with van der Waals surface area (Å²) in [5.41, 5.74) is -0.928. The standard InChI is InChI=1S/C24H36N2O6/c1-23(2,3)31-21(29)19-17(27)11-15-25(19)13-9-7-8-10-14-26-16-12-18(28)20(26)22(30)32-24(4,5)6/h11-12,15-16,27-28H,7-10,13-14H2,1-6H3. The van der Waals surface area contributed by atoms with Gasteiger partial charge in [0.25, 0.3) is 0 Å². The summed E-state index contributed by atoms with van der Waals surface area (Å²) < 4.78 is 14.2. The van der Waals surface area contributed by atoms with E-state index in [2.05, 4.69) is 0 Å². The third-order valence-corrected chi connectivity index (χ3v) is 4.62. The zero-order chi connectivity index (χ0) is 24.1. The van der Waals surface area contributed by atoms with Gasteiger partial charge in [0.05, 0.1) is 0 Å². The molecule has 8 nitrogen and oxygen atoms in total. The lowest BCUT2D eigenvalue weighted by Crippen LogP contribution is -2.25. The molecule has 2 rings (SSSR count). The first kappa shape index (κ1) is 25.4. The van der Waals surface area contributed by atoms with Crippen LogP contribution in [0.2, 0.25) is 0 Å². The van der Waals surface area contributed by atoms with Crippen molar-refractivity contribution in [2.24, 2.45) is 0 Å². The van der Waals surface area contributed by atoms with Gasteiger partial charge in [-0.2, -0.15) is 0 Å². The number of aryl methyl sites for hydroxylation is 2. The fourth-order valence-electron chi connectivity index (χ4n) is 3.31. The second-order valence-corrected chi connectivity index (χ2v) is 9.90. The van der Waals surface area contributed by atoms with Crippen molar-refractivity contribution in [2.75, 3.05) is 0 Å². The van der Waals surface area contributed by atoms with E-state index < -0.39 is 23.1 Å². The number of hydrogen-bond acceptors (Lipinski definition) is 6. The average Bonchev–Trinajstić information content (AvgIpc) is 3.17. The number of nitrogens with zero attached hydrogens (tertiary/aromatic N) is 2. The molecule has 2 heterocycles. The van der Waals surface area contributed by atoms with Gasteiger partial charge in [0.2, 0.25) is 0 Å². The van der Waals surface area contributed by atoms with E-state index >= 15 is 0 Å². The van der Waals surface area contributed by atoms with Crippen LogP contribution in [0.1, 0.15) is 88.2 Å². The van der Waals surface area contributed by atoms with Gasteiger partial charge in [-0.25, -0.2) is 9.59 Å². The maximum Gasteiger partial charge on any atom is 0.359 e. The highest BCUT2D eigenvalue weighted by Gasteiger charge is 2.25. The summed E-state index contributed by atoms with van der Waals surface area (Å²) in [5.74, 6) is -1.24. The average molecular weight is 449 g/mol. The molecule has 2 aromatic heterocycles. The quantitative estimate of drug-likeness (QED) is 0.419. The number of unbranched alkanes of at least 4 members (excludes halogenated alkanes) is 3. The van der Waals surface area contributed by atoms with Crippen LogP contribution in [0.25, 0.3) is 0 Å². The molecule has 0 bridgehead atoms. The van der Waals surface area contributed by atoms with Gasteiger partial charge in [-0.1, -0.05) is 12.8 Å². The molecular formula is C24H36N2O6. The number of carbonyl (C=O) groups is 2. The molecule has 8 heteroatoms. The van der Waals surface area contributed by atoms with Crippen LogP contribution in [0.3, 0.4) is 0 Å². The van der Waals surface area contributed by atoms with E-state index in [1.165, 1.54) is 12.1 Å². The largest absolute Gasteiger partial charge is 0.505 e. The third kappa shape index (κ3) is 7.35. The number of aromatic nitrogens is 2. The van der Waals surface area contributed by atoms with E-state index in [1.54, 1.807) is 63.1 Å². The van der Waals surface area contributed by atoms with Gasteiger partial charge < -0.3 is 28.8 Å². The molecule has 0 saturated heterocycles. The Bertz CT molecular complexity index is 851. The molecule has 2 N–H and O–H groups in total. The van der Waals surface area contributed by atoms with Gasteiger partial charge in [0.15, 0.2) is 11.4 Å². The van der Waals surface area contributed by atoms with Crippen molar-refractivity contribution in [1.29, 1.82) is 0 Å². The Balaban J connectivity index is 1.83. The first-order chi connectivity index (χ1) is 14.8. The molecule has 0 amide bonds. The number of aromatic hydroxyl groups is 2. The van der Waals surface area contributed by atoms with E-state index in [1.807, 2.05) is 0 Å². The molecule has 0 aliphatic heterocycles. The first-order valence-electron chi connectivity index (χ1n) is 11.0. The lowest BCUT2D eigenvalue weighted by atomic mass is 10.2. The van der Waals surface area contributed by atoms with Crippen LogP contribution in [0, 0.1) is 0 Å². The monoisotopic (exact) mass is 448 g/mol. The normalized spacial score (nSPS) is 12.1. The minimum atomic E-state index is -0.635. The highest BCUT2D eigenvalue weighted by Crippen LogP contribution is 2.24. The summed E-state index contributed by atoms with van der Waals surface area (Å²) >= 11 is 0. The zero-order valence-electron chi connectivity index (χ0n) is 20.0. The van der Waals surface area contributed by atoms with Gasteiger partial charge in [0, 0.05) is 25.5 Å². The summed E-state index contributed by atoms with van der Waals surface area (Å²) in [6.07, 6.45) is 6.82. The Morgan fingerprint density at radius 1 is 0.719 bits per heavy atom. The van der Waals surface area contributed by atoms with Crippen molar-refractivity contribution in [3.05, 3.63) is 35.9 Å². The second kappa shape index (κ2) is 10.1. The molecule has 0 saturated carbocycles. The maximum absolute atomic E-state index is 12.4. The van der Waals surface area contributed by atoms with Gasteiger partial charge in [-0.3, -0.25) is 0 Å². The number of esters is 2. The Morgan fingerprint density at radius 2 is 1.06 bits per heavy atom. The van der Waals surface area contributed by atoms with Crippen molar-refractivity contribution in [2.45, 2.75) is 91.5 Å². The van der Waals surface area contributed by atoms with Crippen LogP contribution in [-0.2, 0) is 22.6 Å². The second-order valence-electron chi connectivity index (χ2n) is 9.90. The number of ether oxygens (including phenoxy) is 2. The van der Waals surface area contributed by atoms with Crippen LogP contribution < -0.4 is 0 Å². The molecule has 0 aliphatic rings. The highest BCUT2D eigenvalue weighted by atomic mass is 16.6. The summed E-state index contributed by atoms with van der Waals surface area (Å²) in [7, 11) is 0. The van der Waals surface area contributed by atoms with Gasteiger partial charge in [0.1, 0.15) is 22.7 Å². The third-order valence-electron chi connectivity index (χ3n) is 4.62. The fraction of sp³-hybridized carbons (Fsp3) is 0.583. The molecule has 0 atom stereocenters. The molecule has 0 fully saturated rings. The van der Waals surface area contributed by atoms with E-state index in [0.717, 1.165) is 25.7 Å². The topological polar surface area (TPSA) is 103 Å². The summed E-state index contributed by atoms with van der Waals surface area (Å²) in [4.78, 5) is 24.7. The van der Waals surface area contributed by atoms with Crippen LogP contribution in [-0.4, -0.2) is 42.5 Å². The lowest BCUT2D eigenvalue weighted by molar-refractivity contribution is 0.00413. The van der Waals surface area contributed by atoms with Gasteiger partial charge in [-0.05, 0) is 66.5 Å². The zero-order valence-corrected chi connectivity index (χ0v) is 20.0. The molecule has 0 unspecified atom stereocenters. The Hall–Kier alpha value is -2.90. The smallest absolute Gasteiger partial charge is 0.359 e. The molecule has 0 aromatic carbocycles. The minimum Gasteiger partial charge on any atom is -0.505 e. The van der Waals surface area contributed by atoms with E-state index in [0.29, 0.717) is 13.1 Å². The number of rotatable bonds is 9. The summed E-state index contributed by atoms with van der Waals surface area (Å²) in [6, 6.07) is 2.99. The van der Waals surface area contributed by atoms with Gasteiger partial charge >= 0.3 is 11.9 Å². The Morgan fingerprint density at radius 3 is 1.38 bits per heavy atom. The van der Waals surface area contributed by atoms with E-state index in [-0.39, 0.29) is 22.9 Å². The maximum atomic E-state index is 12.4. The molecule has 0 aliphatic carbocycles. The van der Waals surface area contributed by atoms with Crippen molar-refractivity contribution in [3.8, 4) is 11.5 Å². The molecule has 32 heavy (non-hydrogen) atoms. The summed E-state index contributed by atoms with van der Waals surface area (Å²) in [6.45, 7) is 11.9. The van der Waals surface area contributed by atoms with E-state index in [9.17, 15) is 19.8 Å². The predicted octanol–water partition coefficient (Wildman–Crippen LogP) is 4.87. The van der Waals surface area contributed by atoms with Crippen LogP contribution in [0.15, 0.2) is 24.5 Å². The SMILES string of the molecule is CC(C)(C)OC(=O)c1c(O)ccn1CCCCCCn1ccc(O)c1C(=O)OC(C)(C)C. The fourth-order valence-corrected chi connectivity index (χ4v) is 3.31. The lowest BCUT2D eigenvalue weighted by Gasteiger charge is -2.20. The van der Waals surface area contributed by atoms with Crippen molar-refractivity contribution < 1.29 is 29.3 Å². The summed E-state index contributed by atoms with van der Waals surface area (Å²) in [5, 5.41) is 20.1. The van der Waals surface area contributed by atoms with Crippen molar-refractivity contribution >= 4 is 11.9 Å². The minimum absolute atomic E-state index is 0.0821. The molecule has 178 valence electrons. The highest BCUT2D eigenvalue weighted by molar-refractivity contribution is 5.91. The van der Waals surface area contributed by atoms with E-state index in [4.69, 9.17) is 9.47 Å². The van der Waals surface area contributed by atoms with Crippen LogP contribution in [0.5, 0.6) is 11.5 Å². The molecule has 2 aromatic rings. The molecular weight excluding hydrogens is 412 g/mol.